The van der Waals surface area contributed by atoms with E-state index in [0.29, 0.717) is 0 Å². The van der Waals surface area contributed by atoms with E-state index in [2.05, 4.69) is 19.6 Å². The maximum Gasteiger partial charge on any atom is 0.0912 e. The van der Waals surface area contributed by atoms with E-state index >= 15 is 0 Å². The normalized spacial score (nSPS) is 28.0. The lowest BCUT2D eigenvalue weighted by molar-refractivity contribution is 0.239. The van der Waals surface area contributed by atoms with Gasteiger partial charge in [-0.2, -0.15) is 5.26 Å². The number of nitriles is 1. The molecule has 162 valence electrons. The van der Waals surface area contributed by atoms with Crippen LogP contribution < -0.4 is 0 Å². The molecule has 2 fully saturated rings. The van der Waals surface area contributed by atoms with E-state index in [1.165, 1.54) is 102 Å². The minimum absolute atomic E-state index is 0.802. The fraction of sp³-hybridized carbons (Fsp3) is 0.750. The predicted molar refractivity (Wildman–Crippen MR) is 127 cm³/mol. The predicted octanol–water partition coefficient (Wildman–Crippen LogP) is 8.93. The second-order valence-corrected chi connectivity index (χ2v) is 9.71. The van der Waals surface area contributed by atoms with Gasteiger partial charge in [0.1, 0.15) is 0 Å². The molecule has 2 aliphatic carbocycles. The monoisotopic (exact) mass is 395 g/mol. The summed E-state index contributed by atoms with van der Waals surface area (Å²) in [5.74, 6) is 3.53. The molecule has 0 aromatic heterocycles. The number of hydrogen-bond acceptors (Lipinski definition) is 1. The maximum absolute atomic E-state index is 8.49. The van der Waals surface area contributed by atoms with Crippen LogP contribution in [0.1, 0.15) is 110 Å². The van der Waals surface area contributed by atoms with Gasteiger partial charge in [-0.15, -0.1) is 0 Å². The molecule has 0 saturated heterocycles. The van der Waals surface area contributed by atoms with Gasteiger partial charge < -0.3 is 0 Å². The molecule has 0 aromatic carbocycles. The van der Waals surface area contributed by atoms with Crippen LogP contribution in [0.2, 0.25) is 0 Å². The van der Waals surface area contributed by atoms with Crippen molar-refractivity contribution in [1.29, 1.82) is 5.26 Å². The Labute approximate surface area is 181 Å². The molecule has 2 rings (SSSR count). The second-order valence-electron chi connectivity index (χ2n) is 9.71. The van der Waals surface area contributed by atoms with Crippen molar-refractivity contribution in [3.63, 3.8) is 0 Å². The number of unbranched alkanes of at least 4 members (excludes halogenated alkanes) is 4. The summed E-state index contributed by atoms with van der Waals surface area (Å²) in [7, 11) is 0. The second kappa shape index (κ2) is 14.7. The molecule has 0 heterocycles. The zero-order chi connectivity index (χ0) is 20.7. The van der Waals surface area contributed by atoms with Gasteiger partial charge in [0.25, 0.3) is 0 Å². The van der Waals surface area contributed by atoms with Crippen LogP contribution in [0.4, 0.5) is 0 Å². The molecule has 0 atom stereocenters. The van der Waals surface area contributed by atoms with Crippen molar-refractivity contribution in [2.24, 2.45) is 23.7 Å². The van der Waals surface area contributed by atoms with Gasteiger partial charge in [0, 0.05) is 6.08 Å². The van der Waals surface area contributed by atoms with Crippen LogP contribution in [0.25, 0.3) is 0 Å². The van der Waals surface area contributed by atoms with E-state index in [9.17, 15) is 0 Å². The van der Waals surface area contributed by atoms with E-state index in [4.69, 9.17) is 5.26 Å². The maximum atomic E-state index is 8.49. The Hall–Kier alpha value is -1.29. The first-order chi connectivity index (χ1) is 14.2. The van der Waals surface area contributed by atoms with Gasteiger partial charge in [0.15, 0.2) is 0 Å². The molecule has 0 radical (unpaired) electrons. The molecule has 1 heteroatoms. The third-order valence-electron chi connectivity index (χ3n) is 7.62. The fourth-order valence-electron chi connectivity index (χ4n) is 5.62. The molecule has 0 bridgehead atoms. The zero-order valence-corrected chi connectivity index (χ0v) is 19.1. The Bertz CT molecular complexity index is 533. The molecule has 0 aliphatic heterocycles. The van der Waals surface area contributed by atoms with Crippen molar-refractivity contribution in [2.75, 3.05) is 0 Å². The van der Waals surface area contributed by atoms with Gasteiger partial charge in [-0.05, 0) is 87.9 Å². The highest BCUT2D eigenvalue weighted by Gasteiger charge is 2.29. The lowest BCUT2D eigenvalue weighted by atomic mass is 9.70. The molecule has 0 aromatic rings. The smallest absolute Gasteiger partial charge is 0.0912 e. The number of allylic oxidation sites excluding steroid dienone is 5. The molecular weight excluding hydrogens is 350 g/mol. The zero-order valence-electron chi connectivity index (χ0n) is 19.1. The van der Waals surface area contributed by atoms with E-state index in [1.807, 2.05) is 18.2 Å². The summed E-state index contributed by atoms with van der Waals surface area (Å²) in [6.45, 7) is 6.91. The largest absolute Gasteiger partial charge is 0.193 e. The van der Waals surface area contributed by atoms with Crippen molar-refractivity contribution in [2.45, 2.75) is 110 Å². The first-order valence-electron chi connectivity index (χ1n) is 12.6. The van der Waals surface area contributed by atoms with Gasteiger partial charge in [0.05, 0.1) is 6.07 Å². The van der Waals surface area contributed by atoms with E-state index < -0.39 is 0 Å². The Kier molecular flexibility index (Phi) is 12.1. The highest BCUT2D eigenvalue weighted by Crippen LogP contribution is 2.42. The topological polar surface area (TPSA) is 23.8 Å². The Balaban J connectivity index is 1.58. The van der Waals surface area contributed by atoms with E-state index in [0.717, 1.165) is 30.1 Å². The quantitative estimate of drug-likeness (QED) is 0.140. The molecular formula is C28H45N. The van der Waals surface area contributed by atoms with Gasteiger partial charge in [0.2, 0.25) is 0 Å². The van der Waals surface area contributed by atoms with Crippen LogP contribution in [-0.4, -0.2) is 0 Å². The minimum Gasteiger partial charge on any atom is -0.193 e. The van der Waals surface area contributed by atoms with Crippen LogP contribution in [0.3, 0.4) is 0 Å². The molecule has 1 nitrogen and oxygen atoms in total. The summed E-state index contributed by atoms with van der Waals surface area (Å²) >= 11 is 0. The van der Waals surface area contributed by atoms with E-state index in [1.54, 1.807) is 5.57 Å². The summed E-state index contributed by atoms with van der Waals surface area (Å²) in [4.78, 5) is 0. The first kappa shape index (κ1) is 24.0. The fourth-order valence-corrected chi connectivity index (χ4v) is 5.62. The summed E-state index contributed by atoms with van der Waals surface area (Å²) < 4.78 is 0. The summed E-state index contributed by atoms with van der Waals surface area (Å²) in [5.41, 5.74) is 1.62. The van der Waals surface area contributed by atoms with Crippen molar-refractivity contribution < 1.29 is 0 Å². The minimum atomic E-state index is 0.802. The van der Waals surface area contributed by atoms with Crippen molar-refractivity contribution in [3.05, 3.63) is 36.5 Å². The lowest BCUT2D eigenvalue weighted by Crippen LogP contribution is -2.23. The van der Waals surface area contributed by atoms with Crippen LogP contribution >= 0.6 is 0 Å². The van der Waals surface area contributed by atoms with Gasteiger partial charge in [-0.25, -0.2) is 0 Å². The van der Waals surface area contributed by atoms with E-state index in [-0.39, 0.29) is 0 Å². The van der Waals surface area contributed by atoms with Gasteiger partial charge in [-0.1, -0.05) is 75.8 Å². The van der Waals surface area contributed by atoms with Crippen LogP contribution in [0.15, 0.2) is 36.5 Å². The third kappa shape index (κ3) is 9.37. The molecule has 29 heavy (non-hydrogen) atoms. The summed E-state index contributed by atoms with van der Waals surface area (Å²) in [6, 6.07) is 2.03. The van der Waals surface area contributed by atoms with Gasteiger partial charge >= 0.3 is 0 Å². The molecule has 0 unspecified atom stereocenters. The number of rotatable bonds is 12. The molecule has 0 spiro atoms. The Morgan fingerprint density at radius 1 is 0.828 bits per heavy atom. The Morgan fingerprint density at radius 3 is 2.00 bits per heavy atom. The van der Waals surface area contributed by atoms with Crippen molar-refractivity contribution >= 4 is 0 Å². The molecule has 2 saturated carbocycles. The lowest BCUT2D eigenvalue weighted by Gasteiger charge is -2.36. The molecule has 0 amide bonds. The summed E-state index contributed by atoms with van der Waals surface area (Å²) in [5, 5.41) is 8.49. The van der Waals surface area contributed by atoms with Crippen LogP contribution in [-0.2, 0) is 0 Å². The van der Waals surface area contributed by atoms with Crippen molar-refractivity contribution in [3.8, 4) is 6.07 Å². The summed E-state index contributed by atoms with van der Waals surface area (Å²) in [6.07, 6.45) is 29.9. The van der Waals surface area contributed by atoms with Crippen LogP contribution in [0.5, 0.6) is 0 Å². The standard InChI is InChI=1S/C28H45N/c1-3-4-5-7-10-13-25-15-19-27(20-16-25)24(2)28-21-17-26(18-22-28)14-11-8-6-9-12-23-29/h6,8-9,12,25-28H,2-5,7,10-11,13-22H2,1H3. The Morgan fingerprint density at radius 2 is 1.41 bits per heavy atom. The molecule has 0 N–H and O–H groups in total. The highest BCUT2D eigenvalue weighted by molar-refractivity contribution is 5.11. The average Bonchev–Trinajstić information content (AvgIpc) is 2.76. The van der Waals surface area contributed by atoms with Crippen molar-refractivity contribution in [1.82, 2.24) is 0 Å². The average molecular weight is 396 g/mol. The number of hydrogen-bond donors (Lipinski definition) is 0. The molecule has 2 aliphatic rings. The third-order valence-corrected chi connectivity index (χ3v) is 7.62. The number of nitrogens with zero attached hydrogens (tertiary/aromatic N) is 1. The first-order valence-corrected chi connectivity index (χ1v) is 12.6. The van der Waals surface area contributed by atoms with Crippen LogP contribution in [0, 0.1) is 35.0 Å². The van der Waals surface area contributed by atoms with Gasteiger partial charge in [-0.3, -0.25) is 0 Å². The highest BCUT2D eigenvalue weighted by atomic mass is 14.3. The SMILES string of the molecule is C=C(C1CCC(CCC=CC=CC#N)CC1)C1CCC(CCCCCCC)CC1.